The van der Waals surface area contributed by atoms with Crippen molar-refractivity contribution >= 4 is 22.7 Å². The Morgan fingerprint density at radius 1 is 1.33 bits per heavy atom. The van der Waals surface area contributed by atoms with Crippen LogP contribution in [-0.4, -0.2) is 4.92 Å². The summed E-state index contributed by atoms with van der Waals surface area (Å²) in [4.78, 5) is 10.5. The Hall–Kier alpha value is -2.02. The maximum Gasteiger partial charge on any atom is 0.275 e. The minimum atomic E-state index is -0.974. The first-order chi connectivity index (χ1) is 8.58. The summed E-state index contributed by atoms with van der Waals surface area (Å²) >= 11 is 1.45. The van der Waals surface area contributed by atoms with Crippen LogP contribution in [0, 0.1) is 21.7 Å². The maximum absolute atomic E-state index is 13.5. The van der Waals surface area contributed by atoms with Crippen LogP contribution in [0.3, 0.4) is 0 Å². The average molecular weight is 270 g/mol. The van der Waals surface area contributed by atoms with E-state index in [9.17, 15) is 18.9 Å². The molecule has 0 bridgehead atoms. The minimum absolute atomic E-state index is 0.267. The first kappa shape index (κ1) is 12.4. The highest BCUT2D eigenvalue weighted by molar-refractivity contribution is 7.09. The van der Waals surface area contributed by atoms with Crippen LogP contribution in [0.1, 0.15) is 4.88 Å². The molecule has 0 aliphatic heterocycles. The van der Waals surface area contributed by atoms with E-state index in [1.54, 1.807) is 0 Å². The van der Waals surface area contributed by atoms with E-state index in [-0.39, 0.29) is 12.2 Å². The van der Waals surface area contributed by atoms with Crippen molar-refractivity contribution in [2.75, 3.05) is 5.32 Å². The molecule has 18 heavy (non-hydrogen) atoms. The third kappa shape index (κ3) is 2.62. The lowest BCUT2D eigenvalue weighted by Crippen LogP contribution is -2.03. The summed E-state index contributed by atoms with van der Waals surface area (Å²) in [6.07, 6.45) is 0. The summed E-state index contributed by atoms with van der Waals surface area (Å²) in [5.41, 5.74) is -0.958. The fourth-order valence-electron chi connectivity index (χ4n) is 1.42. The van der Waals surface area contributed by atoms with E-state index < -0.39 is 22.2 Å². The average Bonchev–Trinajstić information content (AvgIpc) is 2.80. The van der Waals surface area contributed by atoms with E-state index in [1.807, 2.05) is 17.5 Å². The van der Waals surface area contributed by atoms with Gasteiger partial charge in [0.1, 0.15) is 5.69 Å². The number of hydrogen-bond acceptors (Lipinski definition) is 4. The summed E-state index contributed by atoms with van der Waals surface area (Å²) in [5.74, 6) is -1.95. The molecule has 0 spiro atoms. The standard InChI is InChI=1S/C11H8F2N2O2S/c12-9-4-7(15(16)17)5-10(13)11(9)14-6-8-2-1-3-18-8/h1-5,14H,6H2. The van der Waals surface area contributed by atoms with Crippen LogP contribution >= 0.6 is 11.3 Å². The molecule has 2 aromatic rings. The molecule has 1 N–H and O–H groups in total. The summed E-state index contributed by atoms with van der Waals surface area (Å²) < 4.78 is 27.0. The Bertz CT molecular complexity index is 549. The topological polar surface area (TPSA) is 55.2 Å². The lowest BCUT2D eigenvalue weighted by Gasteiger charge is -2.07. The maximum atomic E-state index is 13.5. The van der Waals surface area contributed by atoms with E-state index in [0.29, 0.717) is 12.1 Å². The Kier molecular flexibility index (Phi) is 3.52. The Labute approximate surface area is 105 Å². The van der Waals surface area contributed by atoms with Gasteiger partial charge in [0.2, 0.25) is 0 Å². The molecule has 0 radical (unpaired) electrons. The second kappa shape index (κ2) is 5.09. The van der Waals surface area contributed by atoms with Gasteiger partial charge in [-0.2, -0.15) is 0 Å². The zero-order valence-electron chi connectivity index (χ0n) is 9.02. The second-order valence-corrected chi connectivity index (χ2v) is 4.51. The lowest BCUT2D eigenvalue weighted by atomic mass is 10.2. The highest BCUT2D eigenvalue weighted by atomic mass is 32.1. The van der Waals surface area contributed by atoms with Crippen LogP contribution < -0.4 is 5.32 Å². The molecule has 0 aliphatic rings. The number of nitro groups is 1. The van der Waals surface area contributed by atoms with E-state index in [2.05, 4.69) is 5.32 Å². The second-order valence-electron chi connectivity index (χ2n) is 3.47. The van der Waals surface area contributed by atoms with E-state index in [0.717, 1.165) is 4.88 Å². The van der Waals surface area contributed by atoms with Crippen LogP contribution in [0.5, 0.6) is 0 Å². The number of nitrogens with zero attached hydrogens (tertiary/aromatic N) is 1. The Morgan fingerprint density at radius 2 is 2.00 bits per heavy atom. The van der Waals surface area contributed by atoms with Crippen molar-refractivity contribution in [1.82, 2.24) is 0 Å². The largest absolute Gasteiger partial charge is 0.375 e. The van der Waals surface area contributed by atoms with Crippen molar-refractivity contribution in [2.45, 2.75) is 6.54 Å². The molecule has 0 atom stereocenters. The summed E-state index contributed by atoms with van der Waals surface area (Å²) in [5, 5.41) is 14.8. The minimum Gasteiger partial charge on any atom is -0.375 e. The van der Waals surface area contributed by atoms with Crippen LogP contribution in [0.25, 0.3) is 0 Å². The van der Waals surface area contributed by atoms with Crippen LogP contribution in [0.4, 0.5) is 20.2 Å². The smallest absolute Gasteiger partial charge is 0.275 e. The number of non-ortho nitro benzene ring substituents is 1. The van der Waals surface area contributed by atoms with Crippen LogP contribution in [0.15, 0.2) is 29.6 Å². The van der Waals surface area contributed by atoms with Crippen molar-refractivity contribution in [3.63, 3.8) is 0 Å². The summed E-state index contributed by atoms with van der Waals surface area (Å²) in [7, 11) is 0. The van der Waals surface area contributed by atoms with Crippen molar-refractivity contribution in [2.24, 2.45) is 0 Å². The van der Waals surface area contributed by atoms with Crippen molar-refractivity contribution in [3.8, 4) is 0 Å². The van der Waals surface area contributed by atoms with Gasteiger partial charge in [0.05, 0.1) is 17.1 Å². The molecule has 4 nitrogen and oxygen atoms in total. The number of nitro benzene ring substituents is 1. The molecule has 0 saturated carbocycles. The van der Waals surface area contributed by atoms with Crippen molar-refractivity contribution in [1.29, 1.82) is 0 Å². The molecule has 0 unspecified atom stereocenters. The summed E-state index contributed by atoms with van der Waals surface area (Å²) in [6, 6.07) is 5.03. The van der Waals surface area contributed by atoms with Gasteiger partial charge in [0, 0.05) is 11.4 Å². The molecule has 7 heteroatoms. The van der Waals surface area contributed by atoms with E-state index in [4.69, 9.17) is 0 Å². The first-order valence-corrected chi connectivity index (χ1v) is 5.85. The Morgan fingerprint density at radius 3 is 2.50 bits per heavy atom. The molecular formula is C11H8F2N2O2S. The van der Waals surface area contributed by atoms with Crippen LogP contribution in [0.2, 0.25) is 0 Å². The van der Waals surface area contributed by atoms with Gasteiger partial charge in [0.15, 0.2) is 11.6 Å². The molecule has 2 rings (SSSR count). The number of anilines is 1. The molecule has 0 aliphatic carbocycles. The summed E-state index contributed by atoms with van der Waals surface area (Å²) in [6.45, 7) is 0.267. The van der Waals surface area contributed by atoms with Crippen molar-refractivity contribution in [3.05, 3.63) is 56.3 Å². The van der Waals surface area contributed by atoms with Gasteiger partial charge < -0.3 is 5.32 Å². The van der Waals surface area contributed by atoms with Gasteiger partial charge in [-0.3, -0.25) is 10.1 Å². The van der Waals surface area contributed by atoms with Gasteiger partial charge in [-0.25, -0.2) is 8.78 Å². The number of nitrogens with one attached hydrogen (secondary N) is 1. The molecule has 0 amide bonds. The fraction of sp³-hybridized carbons (Fsp3) is 0.0909. The number of benzene rings is 1. The SMILES string of the molecule is O=[N+]([O-])c1cc(F)c(NCc2cccs2)c(F)c1. The predicted octanol–water partition coefficient (Wildman–Crippen LogP) is 3.55. The zero-order valence-corrected chi connectivity index (χ0v) is 9.84. The quantitative estimate of drug-likeness (QED) is 0.682. The predicted molar refractivity (Wildman–Crippen MR) is 64.7 cm³/mol. The molecule has 0 fully saturated rings. The van der Waals surface area contributed by atoms with E-state index in [1.165, 1.54) is 11.3 Å². The van der Waals surface area contributed by atoms with Gasteiger partial charge in [-0.1, -0.05) is 6.07 Å². The van der Waals surface area contributed by atoms with E-state index >= 15 is 0 Å². The molecule has 94 valence electrons. The lowest BCUT2D eigenvalue weighted by molar-refractivity contribution is -0.385. The molecular weight excluding hydrogens is 262 g/mol. The number of rotatable bonds is 4. The van der Waals surface area contributed by atoms with Gasteiger partial charge in [-0.15, -0.1) is 11.3 Å². The third-order valence-corrected chi connectivity index (χ3v) is 3.13. The zero-order chi connectivity index (χ0) is 13.1. The third-order valence-electron chi connectivity index (χ3n) is 2.26. The van der Waals surface area contributed by atoms with Crippen molar-refractivity contribution < 1.29 is 13.7 Å². The van der Waals surface area contributed by atoms with Gasteiger partial charge in [-0.05, 0) is 11.4 Å². The number of halogens is 2. The van der Waals surface area contributed by atoms with Gasteiger partial charge >= 0.3 is 0 Å². The highest BCUT2D eigenvalue weighted by Crippen LogP contribution is 2.25. The molecule has 1 heterocycles. The molecule has 1 aromatic heterocycles. The molecule has 1 aromatic carbocycles. The highest BCUT2D eigenvalue weighted by Gasteiger charge is 2.16. The normalized spacial score (nSPS) is 10.3. The molecule has 0 saturated heterocycles. The number of hydrogen-bond donors (Lipinski definition) is 1. The fourth-order valence-corrected chi connectivity index (χ4v) is 2.07. The van der Waals surface area contributed by atoms with Gasteiger partial charge in [0.25, 0.3) is 5.69 Å². The van der Waals surface area contributed by atoms with Crippen LogP contribution in [-0.2, 0) is 6.54 Å². The number of thiophene rings is 1. The Balaban J connectivity index is 2.20. The monoisotopic (exact) mass is 270 g/mol. The first-order valence-electron chi connectivity index (χ1n) is 4.97.